The third-order valence-corrected chi connectivity index (χ3v) is 33.8. The molecule has 0 unspecified atom stereocenters. The molecule has 0 saturated carbocycles. The van der Waals surface area contributed by atoms with Gasteiger partial charge in [-0.05, 0) is 36.6 Å². The molecule has 0 spiro atoms. The van der Waals surface area contributed by atoms with Crippen LogP contribution in [0.25, 0.3) is 0 Å². The van der Waals surface area contributed by atoms with Crippen molar-refractivity contribution >= 4 is 69.3 Å². The van der Waals surface area contributed by atoms with Crippen LogP contribution in [0.4, 0.5) is 0 Å². The van der Waals surface area contributed by atoms with E-state index in [4.69, 9.17) is 20.6 Å². The molecular weight excluding hydrogens is 757 g/mol. The van der Waals surface area contributed by atoms with Crippen LogP contribution in [0, 0.1) is 0 Å². The fraction of sp³-hybridized carbons (Fsp3) is 0.100. The van der Waals surface area contributed by atoms with E-state index in [1.54, 1.807) is 34.2 Å². The molecule has 2 aromatic carbocycles. The van der Waals surface area contributed by atoms with Crippen molar-refractivity contribution in [3.8, 4) is 0 Å². The second-order valence-electron chi connectivity index (χ2n) is 12.5. The molecule has 0 aliphatic carbocycles. The Kier molecular flexibility index (Phi) is 18.1. The van der Waals surface area contributed by atoms with E-state index in [1.807, 2.05) is 96.8 Å². The highest BCUT2D eigenvalue weighted by molar-refractivity contribution is 7.06. The molecule has 0 heterocycles. The van der Waals surface area contributed by atoms with Crippen LogP contribution < -0.4 is 10.4 Å². The summed E-state index contributed by atoms with van der Waals surface area (Å²) in [5.74, 6) is 0. The van der Waals surface area contributed by atoms with E-state index in [0.29, 0.717) is 0 Å². The molecule has 0 aromatic heterocycles. The van der Waals surface area contributed by atoms with E-state index in [-0.39, 0.29) is 0 Å². The van der Waals surface area contributed by atoms with Gasteiger partial charge in [-0.3, -0.25) is 0 Å². The summed E-state index contributed by atoms with van der Waals surface area (Å²) in [6.45, 7) is 55.1. The lowest BCUT2D eigenvalue weighted by molar-refractivity contribution is 0.349. The third-order valence-electron chi connectivity index (χ3n) is 8.11. The summed E-state index contributed by atoms with van der Waals surface area (Å²) in [5.41, 5.74) is 21.7. The Morgan fingerprint density at radius 2 is 0.538 bits per heavy atom. The van der Waals surface area contributed by atoms with Gasteiger partial charge in [0.1, 0.15) is 0 Å². The van der Waals surface area contributed by atoms with Crippen LogP contribution in [0.5, 0.6) is 0 Å². The van der Waals surface area contributed by atoms with Gasteiger partial charge in [-0.1, -0.05) is 129 Å². The Labute approximate surface area is 322 Å². The summed E-state index contributed by atoms with van der Waals surface area (Å²) in [6, 6.07) is 20.2. The number of hydrogen-bond acceptors (Lipinski definition) is 5. The maximum Gasteiger partial charge on any atom is 0.388 e. The van der Waals surface area contributed by atoms with Crippen LogP contribution in [0.3, 0.4) is 0 Å². The number of rotatable bonds is 24. The zero-order valence-corrected chi connectivity index (χ0v) is 38.7. The van der Waals surface area contributed by atoms with Gasteiger partial charge in [0.05, 0.1) is 0 Å². The van der Waals surface area contributed by atoms with Crippen molar-refractivity contribution in [2.45, 2.75) is 26.2 Å². The van der Waals surface area contributed by atoms with Crippen LogP contribution in [0.1, 0.15) is 0 Å². The van der Waals surface area contributed by atoms with Crippen LogP contribution in [-0.4, -0.2) is 59.0 Å². The Bertz CT molecular complexity index is 1460. The normalized spacial score (nSPS) is 12.4. The second-order valence-corrected chi connectivity index (χ2v) is 36.3. The van der Waals surface area contributed by atoms with Gasteiger partial charge in [-0.25, -0.2) is 0 Å². The average molecular weight is 816 g/mol. The second kappa shape index (κ2) is 20.2. The molecule has 2 rings (SSSR count). The lowest BCUT2D eigenvalue weighted by atomic mass is 10.4. The first-order chi connectivity index (χ1) is 24.5. The summed E-state index contributed by atoms with van der Waals surface area (Å²) >= 11 is 0. The van der Waals surface area contributed by atoms with Gasteiger partial charge >= 0.3 is 25.7 Å². The van der Waals surface area contributed by atoms with Crippen molar-refractivity contribution in [3.05, 3.63) is 208 Å². The monoisotopic (exact) mass is 814 g/mol. The maximum atomic E-state index is 7.14. The van der Waals surface area contributed by atoms with Crippen molar-refractivity contribution in [2.24, 2.45) is 0 Å². The lowest BCUT2D eigenvalue weighted by Gasteiger charge is -2.43. The fourth-order valence-electron chi connectivity index (χ4n) is 5.15. The molecule has 0 radical (unpaired) electrons. The number of benzene rings is 2. The molecule has 0 aliphatic rings. The standard InChI is InChI=1S/C26H34O3Si4.C14H24O2Si3/c1-9-31(10-2,11-3)27-30(7,8)28-33(25-21-17-15-18-22-25,26-23-19-16-20-24-26)29-32(12-4,13-5)14-6;1-9-18(10-2,11-3)15-17(7,8)16-19(12-4,13-5)14-6/h9-24H,1-6H2,7-8H3;9-14H,1-6H2,7-8H3. The lowest BCUT2D eigenvalue weighted by Crippen LogP contribution is -2.71. The van der Waals surface area contributed by atoms with Gasteiger partial charge in [0.25, 0.3) is 33.3 Å². The summed E-state index contributed by atoms with van der Waals surface area (Å²) in [5, 5.41) is 1.96. The van der Waals surface area contributed by atoms with Crippen molar-refractivity contribution in [3.63, 3.8) is 0 Å². The van der Waals surface area contributed by atoms with E-state index in [1.165, 1.54) is 0 Å². The van der Waals surface area contributed by atoms with Gasteiger partial charge in [0.2, 0.25) is 0 Å². The average Bonchev–Trinajstić information content (AvgIpc) is 3.18. The topological polar surface area (TPSA) is 46.2 Å². The summed E-state index contributed by atoms with van der Waals surface area (Å²) in [6.07, 6.45) is 0. The van der Waals surface area contributed by atoms with Gasteiger partial charge in [-0.2, -0.15) is 0 Å². The van der Waals surface area contributed by atoms with Gasteiger partial charge < -0.3 is 20.6 Å². The van der Waals surface area contributed by atoms with Gasteiger partial charge in [0.15, 0.2) is 0 Å². The molecule has 52 heavy (non-hydrogen) atoms. The van der Waals surface area contributed by atoms with Crippen LogP contribution in [-0.2, 0) is 20.6 Å². The van der Waals surface area contributed by atoms with Gasteiger partial charge in [0, 0.05) is 0 Å². The molecule has 0 atom stereocenters. The smallest absolute Gasteiger partial charge is 0.388 e. The minimum Gasteiger partial charge on any atom is -0.427 e. The minimum atomic E-state index is -3.32. The Balaban J connectivity index is 0.000000607. The van der Waals surface area contributed by atoms with Gasteiger partial charge in [-0.15, -0.1) is 78.9 Å². The predicted octanol–water partition coefficient (Wildman–Crippen LogP) is 9.20. The first kappa shape index (κ1) is 46.7. The molecule has 0 aliphatic heterocycles. The zero-order chi connectivity index (χ0) is 39.7. The number of hydrogen-bond donors (Lipinski definition) is 0. The Morgan fingerprint density at radius 1 is 0.327 bits per heavy atom. The molecular formula is C40H58O5Si7. The maximum absolute atomic E-state index is 7.14. The minimum absolute atomic E-state index is 0.978. The molecule has 12 heteroatoms. The first-order valence-corrected chi connectivity index (χ1v) is 32.7. The van der Waals surface area contributed by atoms with E-state index < -0.39 is 59.0 Å². The van der Waals surface area contributed by atoms with Crippen LogP contribution >= 0.6 is 0 Å². The van der Waals surface area contributed by atoms with E-state index in [0.717, 1.165) is 10.4 Å². The summed E-state index contributed by atoms with van der Waals surface area (Å²) in [4.78, 5) is 0. The fourth-order valence-corrected chi connectivity index (χ4v) is 31.2. The van der Waals surface area contributed by atoms with Crippen molar-refractivity contribution < 1.29 is 20.6 Å². The highest BCUT2D eigenvalue weighted by Crippen LogP contribution is 2.27. The van der Waals surface area contributed by atoms with Crippen LogP contribution in [0.15, 0.2) is 208 Å². The largest absolute Gasteiger partial charge is 0.427 e. The molecule has 276 valence electrons. The van der Waals surface area contributed by atoms with Crippen molar-refractivity contribution in [2.75, 3.05) is 0 Å². The Morgan fingerprint density at radius 3 is 0.769 bits per heavy atom. The predicted molar refractivity (Wildman–Crippen MR) is 244 cm³/mol. The molecule has 0 N–H and O–H groups in total. The molecule has 5 nitrogen and oxygen atoms in total. The molecule has 0 bridgehead atoms. The highest BCUT2D eigenvalue weighted by Gasteiger charge is 2.53. The highest BCUT2D eigenvalue weighted by atomic mass is 28.5. The first-order valence-electron chi connectivity index (χ1n) is 16.7. The van der Waals surface area contributed by atoms with E-state index in [2.05, 4.69) is 103 Å². The zero-order valence-electron chi connectivity index (χ0n) is 31.7. The van der Waals surface area contributed by atoms with Crippen molar-refractivity contribution in [1.82, 2.24) is 0 Å². The molecule has 0 amide bonds. The van der Waals surface area contributed by atoms with E-state index in [9.17, 15) is 0 Å². The molecule has 0 saturated heterocycles. The third kappa shape index (κ3) is 11.8. The van der Waals surface area contributed by atoms with Crippen molar-refractivity contribution in [1.29, 1.82) is 0 Å². The summed E-state index contributed by atoms with van der Waals surface area (Å²) < 4.78 is 33.4. The molecule has 2 aromatic rings. The van der Waals surface area contributed by atoms with E-state index >= 15 is 0 Å². The quantitative estimate of drug-likeness (QED) is 0.0991. The Hall–Kier alpha value is -3.36. The molecule has 0 fully saturated rings. The SMILES string of the molecule is C=C[Si](C=C)(C=C)O[Si](C)(C)O[Si](C=C)(C=C)C=C.C=C[Si](C=C)(C=C)O[Si](C)(C)O[Si](O[Si](C=C)(C=C)C=C)(c1ccccc1)c1ccccc1. The summed E-state index contributed by atoms with van der Waals surface area (Å²) in [7, 11) is -18.6. The van der Waals surface area contributed by atoms with Crippen LogP contribution in [0.2, 0.25) is 26.2 Å².